The maximum atomic E-state index is 14.2. The van der Waals surface area contributed by atoms with Gasteiger partial charge in [-0.05, 0) is 37.5 Å². The maximum Gasteiger partial charge on any atom is 0.433 e. The van der Waals surface area contributed by atoms with E-state index in [1.54, 1.807) is 17.7 Å². The Kier molecular flexibility index (Phi) is 5.04. The van der Waals surface area contributed by atoms with E-state index in [-0.39, 0.29) is 17.0 Å². The van der Waals surface area contributed by atoms with Crippen molar-refractivity contribution >= 4 is 5.91 Å². The van der Waals surface area contributed by atoms with E-state index in [2.05, 4.69) is 25.6 Å². The smallest absolute Gasteiger partial charge is 0.342 e. The number of carbonyl (C=O) groups excluding carboxylic acids is 1. The van der Waals surface area contributed by atoms with E-state index < -0.39 is 29.6 Å². The summed E-state index contributed by atoms with van der Waals surface area (Å²) in [5, 5.41) is 13.4. The molecule has 4 rings (SSSR count). The first-order valence-corrected chi connectivity index (χ1v) is 9.43. The van der Waals surface area contributed by atoms with Crippen LogP contribution in [-0.4, -0.2) is 30.9 Å². The lowest BCUT2D eigenvalue weighted by Gasteiger charge is -2.24. The highest BCUT2D eigenvalue weighted by atomic mass is 19.4. The van der Waals surface area contributed by atoms with Gasteiger partial charge >= 0.3 is 6.18 Å². The van der Waals surface area contributed by atoms with Crippen LogP contribution < -0.4 is 5.32 Å². The lowest BCUT2D eigenvalue weighted by Crippen LogP contribution is -2.33. The molecule has 0 aromatic carbocycles. The quantitative estimate of drug-likeness (QED) is 0.629. The molecule has 1 aliphatic heterocycles. The van der Waals surface area contributed by atoms with Crippen LogP contribution in [0.15, 0.2) is 24.4 Å². The molecule has 30 heavy (non-hydrogen) atoms. The fourth-order valence-electron chi connectivity index (χ4n) is 3.49. The Bertz CT molecular complexity index is 1090. The molecular weight excluding hydrogens is 404 g/mol. The zero-order chi connectivity index (χ0) is 21.5. The van der Waals surface area contributed by atoms with Crippen molar-refractivity contribution in [2.45, 2.75) is 44.9 Å². The number of aromatic amines is 1. The monoisotopic (exact) mass is 422 g/mol. The van der Waals surface area contributed by atoms with Crippen molar-refractivity contribution in [3.05, 3.63) is 53.0 Å². The predicted octanol–water partition coefficient (Wildman–Crippen LogP) is 3.65. The van der Waals surface area contributed by atoms with Crippen molar-refractivity contribution in [3.8, 4) is 11.3 Å². The van der Waals surface area contributed by atoms with Gasteiger partial charge in [0.05, 0.1) is 23.1 Å². The average molecular weight is 422 g/mol. The van der Waals surface area contributed by atoms with Crippen LogP contribution in [0, 0.1) is 5.82 Å². The molecule has 0 fully saturated rings. The van der Waals surface area contributed by atoms with E-state index in [9.17, 15) is 22.4 Å². The Hall–Kier alpha value is -3.24. The van der Waals surface area contributed by atoms with Gasteiger partial charge in [-0.15, -0.1) is 0 Å². The molecular formula is C19H18F4N6O. The lowest BCUT2D eigenvalue weighted by molar-refractivity contribution is -0.141. The number of amides is 1. The molecule has 0 bridgehead atoms. The van der Waals surface area contributed by atoms with Gasteiger partial charge < -0.3 is 5.32 Å². The summed E-state index contributed by atoms with van der Waals surface area (Å²) in [6, 6.07) is 3.56. The minimum atomic E-state index is -4.56. The van der Waals surface area contributed by atoms with E-state index >= 15 is 0 Å². The van der Waals surface area contributed by atoms with Crippen LogP contribution in [0.2, 0.25) is 0 Å². The van der Waals surface area contributed by atoms with Gasteiger partial charge in [-0.2, -0.15) is 23.4 Å². The number of hydrogen-bond acceptors (Lipinski definition) is 4. The summed E-state index contributed by atoms with van der Waals surface area (Å²) in [4.78, 5) is 15.9. The van der Waals surface area contributed by atoms with Crippen LogP contribution in [0.3, 0.4) is 0 Å². The maximum absolute atomic E-state index is 14.2. The van der Waals surface area contributed by atoms with Gasteiger partial charge in [0.15, 0.2) is 11.5 Å². The highest BCUT2D eigenvalue weighted by Crippen LogP contribution is 2.32. The first kappa shape index (κ1) is 20.0. The molecule has 0 radical (unpaired) electrons. The molecule has 3 aromatic heterocycles. The first-order valence-electron chi connectivity index (χ1n) is 9.43. The number of alkyl halides is 3. The fourth-order valence-corrected chi connectivity index (χ4v) is 3.49. The number of rotatable bonds is 4. The van der Waals surface area contributed by atoms with Crippen molar-refractivity contribution < 1.29 is 22.4 Å². The number of halogens is 4. The molecule has 0 aliphatic carbocycles. The van der Waals surface area contributed by atoms with Gasteiger partial charge in [0.2, 0.25) is 0 Å². The van der Waals surface area contributed by atoms with Gasteiger partial charge in [-0.3, -0.25) is 19.6 Å². The molecule has 4 heterocycles. The predicted molar refractivity (Wildman–Crippen MR) is 97.8 cm³/mol. The molecule has 0 saturated carbocycles. The van der Waals surface area contributed by atoms with Crippen molar-refractivity contribution in [2.24, 2.45) is 0 Å². The largest absolute Gasteiger partial charge is 0.433 e. The normalized spacial score (nSPS) is 16.4. The van der Waals surface area contributed by atoms with Gasteiger partial charge in [-0.25, -0.2) is 4.39 Å². The van der Waals surface area contributed by atoms with Crippen LogP contribution in [0.4, 0.5) is 17.6 Å². The number of hydrogen-bond donors (Lipinski definition) is 2. The third-order valence-corrected chi connectivity index (χ3v) is 5.03. The van der Waals surface area contributed by atoms with E-state index in [1.165, 1.54) is 6.07 Å². The SMILES string of the molecule is CCc1[nH]nc(C(=O)N[C@H]2CCCn3nc(-c4ccnc(C(F)(F)F)c4)cc32)c1F. The molecule has 0 spiro atoms. The summed E-state index contributed by atoms with van der Waals surface area (Å²) < 4.78 is 54.8. The van der Waals surface area contributed by atoms with Gasteiger partial charge in [0.1, 0.15) is 5.69 Å². The Morgan fingerprint density at radius 1 is 1.37 bits per heavy atom. The summed E-state index contributed by atoms with van der Waals surface area (Å²) in [5.74, 6) is -1.34. The van der Waals surface area contributed by atoms with Crippen LogP contribution >= 0.6 is 0 Å². The molecule has 0 unspecified atom stereocenters. The van der Waals surface area contributed by atoms with Crippen molar-refractivity contribution in [1.29, 1.82) is 0 Å². The van der Waals surface area contributed by atoms with Gasteiger partial charge in [0.25, 0.3) is 5.91 Å². The van der Waals surface area contributed by atoms with Gasteiger partial charge in [-0.1, -0.05) is 6.92 Å². The fraction of sp³-hybridized carbons (Fsp3) is 0.368. The second-order valence-electron chi connectivity index (χ2n) is 6.99. The van der Waals surface area contributed by atoms with Crippen molar-refractivity contribution in [1.82, 2.24) is 30.3 Å². The second kappa shape index (κ2) is 7.54. The number of aryl methyl sites for hydroxylation is 2. The van der Waals surface area contributed by atoms with E-state index in [1.807, 2.05) is 0 Å². The molecule has 7 nitrogen and oxygen atoms in total. The third kappa shape index (κ3) is 3.66. The summed E-state index contributed by atoms with van der Waals surface area (Å²) in [6.07, 6.45) is -1.81. The molecule has 1 amide bonds. The standard InChI is InChI=1S/C19H18F4N6O/c1-2-11-16(20)17(27-26-11)18(30)25-12-4-3-7-29-14(12)9-13(28-29)10-5-6-24-15(8-10)19(21,22)23/h5-6,8-9,12H,2-4,7H2,1H3,(H,25,30)(H,26,27)/t12-/m0/s1. The topological polar surface area (TPSA) is 88.5 Å². The van der Waals surface area contributed by atoms with Gasteiger partial charge in [0, 0.05) is 18.3 Å². The number of aromatic nitrogens is 5. The van der Waals surface area contributed by atoms with Crippen LogP contribution in [0.25, 0.3) is 11.3 Å². The van der Waals surface area contributed by atoms with Crippen molar-refractivity contribution in [3.63, 3.8) is 0 Å². The van der Waals surface area contributed by atoms with E-state index in [0.717, 1.165) is 12.3 Å². The second-order valence-corrected chi connectivity index (χ2v) is 6.99. The average Bonchev–Trinajstić information content (AvgIpc) is 3.31. The number of fused-ring (bicyclic) bond motifs is 1. The van der Waals surface area contributed by atoms with Crippen LogP contribution in [0.5, 0.6) is 0 Å². The first-order chi connectivity index (χ1) is 14.3. The minimum Gasteiger partial charge on any atom is -0.342 e. The summed E-state index contributed by atoms with van der Waals surface area (Å²) in [6.45, 7) is 2.30. The Labute approximate surface area is 168 Å². The molecule has 1 aliphatic rings. The Morgan fingerprint density at radius 2 is 2.17 bits per heavy atom. The highest BCUT2D eigenvalue weighted by Gasteiger charge is 2.33. The zero-order valence-corrected chi connectivity index (χ0v) is 15.9. The lowest BCUT2D eigenvalue weighted by atomic mass is 10.0. The zero-order valence-electron chi connectivity index (χ0n) is 15.9. The van der Waals surface area contributed by atoms with Crippen molar-refractivity contribution in [2.75, 3.05) is 0 Å². The minimum absolute atomic E-state index is 0.245. The third-order valence-electron chi connectivity index (χ3n) is 5.03. The number of carbonyl (C=O) groups is 1. The summed E-state index contributed by atoms with van der Waals surface area (Å²) in [5.41, 5.74) is 0.189. The number of nitrogens with one attached hydrogen (secondary N) is 2. The molecule has 0 saturated heterocycles. The number of nitrogens with zero attached hydrogens (tertiary/aromatic N) is 4. The highest BCUT2D eigenvalue weighted by molar-refractivity contribution is 5.93. The van der Waals surface area contributed by atoms with Crippen LogP contribution in [-0.2, 0) is 19.1 Å². The van der Waals surface area contributed by atoms with E-state index in [0.29, 0.717) is 37.2 Å². The molecule has 11 heteroatoms. The van der Waals surface area contributed by atoms with E-state index in [4.69, 9.17) is 0 Å². The number of pyridine rings is 1. The Morgan fingerprint density at radius 3 is 2.87 bits per heavy atom. The molecule has 2 N–H and O–H groups in total. The molecule has 3 aromatic rings. The van der Waals surface area contributed by atoms with Crippen LogP contribution in [0.1, 0.15) is 53.4 Å². The Balaban J connectivity index is 1.60. The number of H-pyrrole nitrogens is 1. The summed E-state index contributed by atoms with van der Waals surface area (Å²) >= 11 is 0. The molecule has 1 atom stereocenters. The summed E-state index contributed by atoms with van der Waals surface area (Å²) in [7, 11) is 0. The molecule has 158 valence electrons.